The second-order valence-corrected chi connectivity index (χ2v) is 5.13. The summed E-state index contributed by atoms with van der Waals surface area (Å²) in [6.45, 7) is 5.44. The molecule has 0 fully saturated rings. The summed E-state index contributed by atoms with van der Waals surface area (Å²) < 4.78 is 0. The SMILES string of the molecule is CCCCN(C)C(c1cccs1)C(C)N. The molecule has 3 heteroatoms. The van der Waals surface area contributed by atoms with E-state index in [4.69, 9.17) is 5.73 Å². The number of likely N-dealkylation sites (N-methyl/N-ethyl adjacent to an activating group) is 1. The summed E-state index contributed by atoms with van der Waals surface area (Å²) >= 11 is 1.80. The molecule has 0 bridgehead atoms. The van der Waals surface area contributed by atoms with Gasteiger partial charge in [-0.2, -0.15) is 0 Å². The van der Waals surface area contributed by atoms with Gasteiger partial charge in [0.15, 0.2) is 0 Å². The third-order valence-corrected chi connectivity index (χ3v) is 3.61. The van der Waals surface area contributed by atoms with E-state index in [-0.39, 0.29) is 6.04 Å². The first kappa shape index (κ1) is 12.7. The predicted octanol–water partition coefficient (Wildman–Crippen LogP) is 2.87. The molecule has 2 atom stereocenters. The first-order chi connectivity index (χ1) is 7.16. The van der Waals surface area contributed by atoms with E-state index in [1.165, 1.54) is 17.7 Å². The minimum absolute atomic E-state index is 0.186. The normalized spacial score (nSPS) is 15.5. The molecule has 0 amide bonds. The van der Waals surface area contributed by atoms with Crippen LogP contribution in [0.2, 0.25) is 0 Å². The molecule has 0 saturated carbocycles. The molecule has 86 valence electrons. The molecule has 1 rings (SSSR count). The van der Waals surface area contributed by atoms with Crippen molar-refractivity contribution in [2.75, 3.05) is 13.6 Å². The van der Waals surface area contributed by atoms with Crippen molar-refractivity contribution >= 4 is 11.3 Å². The Balaban J connectivity index is 2.66. The topological polar surface area (TPSA) is 29.3 Å². The highest BCUT2D eigenvalue weighted by atomic mass is 32.1. The molecular formula is C12H22N2S. The van der Waals surface area contributed by atoms with Crippen molar-refractivity contribution in [3.8, 4) is 0 Å². The van der Waals surface area contributed by atoms with Crippen LogP contribution in [0.25, 0.3) is 0 Å². The highest BCUT2D eigenvalue weighted by Gasteiger charge is 2.21. The van der Waals surface area contributed by atoms with E-state index in [0.29, 0.717) is 6.04 Å². The Hall–Kier alpha value is -0.380. The molecule has 0 aliphatic carbocycles. The van der Waals surface area contributed by atoms with Crippen LogP contribution >= 0.6 is 11.3 Å². The molecule has 0 radical (unpaired) electrons. The lowest BCUT2D eigenvalue weighted by Gasteiger charge is -2.30. The largest absolute Gasteiger partial charge is 0.326 e. The van der Waals surface area contributed by atoms with Gasteiger partial charge in [0.05, 0.1) is 6.04 Å². The van der Waals surface area contributed by atoms with Gasteiger partial charge in [-0.15, -0.1) is 11.3 Å². The van der Waals surface area contributed by atoms with Gasteiger partial charge in [-0.25, -0.2) is 0 Å². The molecule has 0 aliphatic heterocycles. The van der Waals surface area contributed by atoms with Crippen LogP contribution in [-0.2, 0) is 0 Å². The maximum Gasteiger partial charge on any atom is 0.0588 e. The summed E-state index contributed by atoms with van der Waals surface area (Å²) in [4.78, 5) is 3.75. The van der Waals surface area contributed by atoms with Crippen LogP contribution in [-0.4, -0.2) is 24.5 Å². The van der Waals surface area contributed by atoms with Crippen LogP contribution in [0.4, 0.5) is 0 Å². The molecule has 1 aromatic rings. The Bertz CT molecular complexity index is 257. The van der Waals surface area contributed by atoms with Crippen molar-refractivity contribution in [2.45, 2.75) is 38.8 Å². The van der Waals surface area contributed by atoms with Gasteiger partial charge < -0.3 is 5.73 Å². The van der Waals surface area contributed by atoms with Crippen molar-refractivity contribution in [3.63, 3.8) is 0 Å². The lowest BCUT2D eigenvalue weighted by atomic mass is 10.1. The number of rotatable bonds is 6. The fourth-order valence-electron chi connectivity index (χ4n) is 1.88. The first-order valence-electron chi connectivity index (χ1n) is 5.66. The van der Waals surface area contributed by atoms with Crippen LogP contribution in [0.3, 0.4) is 0 Å². The van der Waals surface area contributed by atoms with Crippen molar-refractivity contribution < 1.29 is 0 Å². The molecule has 0 spiro atoms. The Morgan fingerprint density at radius 1 is 1.53 bits per heavy atom. The summed E-state index contributed by atoms with van der Waals surface area (Å²) in [6, 6.07) is 4.84. The second kappa shape index (κ2) is 6.26. The van der Waals surface area contributed by atoms with Crippen LogP contribution in [0, 0.1) is 0 Å². The quantitative estimate of drug-likeness (QED) is 0.808. The molecule has 2 nitrogen and oxygen atoms in total. The van der Waals surface area contributed by atoms with Gasteiger partial charge in [0.1, 0.15) is 0 Å². The highest BCUT2D eigenvalue weighted by Crippen LogP contribution is 2.26. The van der Waals surface area contributed by atoms with Gasteiger partial charge in [0.2, 0.25) is 0 Å². The minimum Gasteiger partial charge on any atom is -0.326 e. The number of nitrogens with zero attached hydrogens (tertiary/aromatic N) is 1. The van der Waals surface area contributed by atoms with Gasteiger partial charge in [-0.3, -0.25) is 4.90 Å². The highest BCUT2D eigenvalue weighted by molar-refractivity contribution is 7.10. The zero-order valence-electron chi connectivity index (χ0n) is 9.94. The third kappa shape index (κ3) is 3.59. The van der Waals surface area contributed by atoms with E-state index in [1.807, 2.05) is 0 Å². The predicted molar refractivity (Wildman–Crippen MR) is 68.2 cm³/mol. The van der Waals surface area contributed by atoms with E-state index in [0.717, 1.165) is 6.54 Å². The lowest BCUT2D eigenvalue weighted by molar-refractivity contribution is 0.219. The van der Waals surface area contributed by atoms with Crippen molar-refractivity contribution in [2.24, 2.45) is 5.73 Å². The van der Waals surface area contributed by atoms with Crippen molar-refractivity contribution in [3.05, 3.63) is 22.4 Å². The van der Waals surface area contributed by atoms with Gasteiger partial charge in [0.25, 0.3) is 0 Å². The van der Waals surface area contributed by atoms with Gasteiger partial charge in [0, 0.05) is 10.9 Å². The molecular weight excluding hydrogens is 204 g/mol. The number of hydrogen-bond donors (Lipinski definition) is 1. The van der Waals surface area contributed by atoms with Crippen molar-refractivity contribution in [1.82, 2.24) is 4.90 Å². The lowest BCUT2D eigenvalue weighted by Crippen LogP contribution is -2.37. The van der Waals surface area contributed by atoms with Crippen LogP contribution in [0.15, 0.2) is 17.5 Å². The summed E-state index contributed by atoms with van der Waals surface area (Å²) in [5.41, 5.74) is 6.07. The maximum absolute atomic E-state index is 6.07. The zero-order valence-corrected chi connectivity index (χ0v) is 10.8. The average molecular weight is 226 g/mol. The number of nitrogens with two attached hydrogens (primary N) is 1. The summed E-state index contributed by atoms with van der Waals surface area (Å²) in [7, 11) is 2.17. The Kier molecular flexibility index (Phi) is 5.29. The molecule has 2 unspecified atom stereocenters. The molecule has 1 aromatic heterocycles. The molecule has 0 aliphatic rings. The minimum atomic E-state index is 0.186. The van der Waals surface area contributed by atoms with E-state index < -0.39 is 0 Å². The van der Waals surface area contributed by atoms with E-state index in [2.05, 4.69) is 43.3 Å². The van der Waals surface area contributed by atoms with Crippen LogP contribution in [0.5, 0.6) is 0 Å². The average Bonchev–Trinajstić information content (AvgIpc) is 2.67. The zero-order chi connectivity index (χ0) is 11.3. The maximum atomic E-state index is 6.07. The Morgan fingerprint density at radius 2 is 2.27 bits per heavy atom. The molecule has 0 saturated heterocycles. The van der Waals surface area contributed by atoms with Crippen molar-refractivity contribution in [1.29, 1.82) is 0 Å². The Labute approximate surface area is 97.1 Å². The molecule has 2 N–H and O–H groups in total. The van der Waals surface area contributed by atoms with Gasteiger partial charge in [-0.1, -0.05) is 19.4 Å². The number of thiophene rings is 1. The second-order valence-electron chi connectivity index (χ2n) is 4.15. The fraction of sp³-hybridized carbons (Fsp3) is 0.667. The molecule has 0 aromatic carbocycles. The number of hydrogen-bond acceptors (Lipinski definition) is 3. The standard InChI is InChI=1S/C12H22N2S/c1-4-5-8-14(3)12(10(2)13)11-7-6-9-15-11/h6-7,9-10,12H,4-5,8,13H2,1-3H3. The smallest absolute Gasteiger partial charge is 0.0588 e. The van der Waals surface area contributed by atoms with Gasteiger partial charge >= 0.3 is 0 Å². The summed E-state index contributed by atoms with van der Waals surface area (Å²) in [6.07, 6.45) is 2.48. The molecule has 15 heavy (non-hydrogen) atoms. The number of unbranched alkanes of at least 4 members (excludes halogenated alkanes) is 1. The summed E-state index contributed by atoms with van der Waals surface area (Å²) in [5, 5.41) is 2.12. The van der Waals surface area contributed by atoms with Gasteiger partial charge in [-0.05, 0) is 38.4 Å². The first-order valence-corrected chi connectivity index (χ1v) is 6.54. The fourth-order valence-corrected chi connectivity index (χ4v) is 2.89. The summed E-state index contributed by atoms with van der Waals surface area (Å²) in [5.74, 6) is 0. The van der Waals surface area contributed by atoms with E-state index in [1.54, 1.807) is 11.3 Å². The van der Waals surface area contributed by atoms with E-state index in [9.17, 15) is 0 Å². The van der Waals surface area contributed by atoms with Crippen LogP contribution in [0.1, 0.15) is 37.6 Å². The monoisotopic (exact) mass is 226 g/mol. The van der Waals surface area contributed by atoms with E-state index >= 15 is 0 Å². The molecule has 1 heterocycles. The van der Waals surface area contributed by atoms with Crippen LogP contribution < -0.4 is 5.73 Å². The third-order valence-electron chi connectivity index (χ3n) is 2.67. The Morgan fingerprint density at radius 3 is 2.73 bits per heavy atom.